The first kappa shape index (κ1) is 25.2. The van der Waals surface area contributed by atoms with Crippen LogP contribution in [0.4, 0.5) is 0 Å². The Bertz CT molecular complexity index is 1410. The molecule has 1 fully saturated rings. The number of methoxy groups -OCH3 is 2. The maximum Gasteiger partial charge on any atom is 0.258 e. The molecule has 2 heterocycles. The van der Waals surface area contributed by atoms with E-state index in [2.05, 4.69) is 14.9 Å². The molecule has 1 N–H and O–H groups in total. The van der Waals surface area contributed by atoms with Crippen LogP contribution < -0.4 is 15.0 Å². The number of aryl methyl sites for hydroxylation is 2. The molecule has 188 valence electrons. The number of fused-ring (bicyclic) bond motifs is 1. The molecule has 1 saturated heterocycles. The second kappa shape index (κ2) is 9.60. The normalized spacial score (nSPS) is 15.5. The fourth-order valence-electron chi connectivity index (χ4n) is 4.63. The molecule has 2 aromatic carbocycles. The largest absolute Gasteiger partial charge is 0.493 e. The summed E-state index contributed by atoms with van der Waals surface area (Å²) in [7, 11) is -0.557. The van der Waals surface area contributed by atoms with Crippen LogP contribution in [0.3, 0.4) is 0 Å². The summed E-state index contributed by atoms with van der Waals surface area (Å²) in [5.41, 5.74) is 3.83. The van der Waals surface area contributed by atoms with Gasteiger partial charge in [0.05, 0.1) is 36.6 Å². The van der Waals surface area contributed by atoms with Crippen molar-refractivity contribution in [2.45, 2.75) is 39.1 Å². The zero-order valence-corrected chi connectivity index (χ0v) is 21.9. The molecule has 10 heteroatoms. The Morgan fingerprint density at radius 1 is 0.914 bits per heavy atom. The van der Waals surface area contributed by atoms with Crippen LogP contribution in [0.5, 0.6) is 11.5 Å². The first-order chi connectivity index (χ1) is 16.6. The lowest BCUT2D eigenvalue weighted by Crippen LogP contribution is -2.48. The third kappa shape index (κ3) is 4.65. The van der Waals surface area contributed by atoms with Gasteiger partial charge < -0.3 is 14.5 Å². The number of ether oxygens (including phenoxy) is 2. The lowest BCUT2D eigenvalue weighted by atomic mass is 10.0. The molecule has 0 bridgehead atoms. The average molecular weight is 501 g/mol. The maximum atomic E-state index is 13.5. The van der Waals surface area contributed by atoms with Gasteiger partial charge in [0.2, 0.25) is 10.0 Å². The number of nitrogens with zero attached hydrogens (tertiary/aromatic N) is 3. The van der Waals surface area contributed by atoms with E-state index in [9.17, 15) is 13.2 Å². The van der Waals surface area contributed by atoms with Gasteiger partial charge in [-0.2, -0.15) is 4.31 Å². The molecule has 0 saturated carbocycles. The van der Waals surface area contributed by atoms with Crippen molar-refractivity contribution in [2.24, 2.45) is 0 Å². The molecule has 1 aromatic heterocycles. The Hall–Kier alpha value is -2.95. The summed E-state index contributed by atoms with van der Waals surface area (Å²) in [5, 5.41) is 0.418. The van der Waals surface area contributed by atoms with Gasteiger partial charge in [-0.3, -0.25) is 9.69 Å². The van der Waals surface area contributed by atoms with Gasteiger partial charge in [-0.1, -0.05) is 6.07 Å². The number of aromatic amines is 1. The van der Waals surface area contributed by atoms with Crippen LogP contribution in [0, 0.1) is 27.7 Å². The second-order valence-electron chi connectivity index (χ2n) is 9.01. The van der Waals surface area contributed by atoms with Gasteiger partial charge in [-0.25, -0.2) is 13.4 Å². The smallest absolute Gasteiger partial charge is 0.258 e. The summed E-state index contributed by atoms with van der Waals surface area (Å²) in [6.07, 6.45) is 0. The number of hydrogen-bond donors (Lipinski definition) is 1. The predicted octanol–water partition coefficient (Wildman–Crippen LogP) is 2.68. The molecular formula is C25H32N4O5S. The van der Waals surface area contributed by atoms with E-state index in [1.165, 1.54) is 14.2 Å². The van der Waals surface area contributed by atoms with Crippen molar-refractivity contribution in [2.75, 3.05) is 40.4 Å². The predicted molar refractivity (Wildman–Crippen MR) is 135 cm³/mol. The first-order valence-electron chi connectivity index (χ1n) is 11.5. The van der Waals surface area contributed by atoms with E-state index in [4.69, 9.17) is 9.47 Å². The van der Waals surface area contributed by atoms with Gasteiger partial charge in [0.25, 0.3) is 5.56 Å². The molecule has 0 atom stereocenters. The molecular weight excluding hydrogens is 468 g/mol. The minimum atomic E-state index is -3.61. The van der Waals surface area contributed by atoms with Crippen molar-refractivity contribution in [3.8, 4) is 11.5 Å². The number of nitrogens with one attached hydrogen (secondary N) is 1. The summed E-state index contributed by atoms with van der Waals surface area (Å²) in [5.74, 6) is 1.48. The Labute approximate surface area is 205 Å². The fraction of sp³-hybridized carbons (Fsp3) is 0.440. The van der Waals surface area contributed by atoms with E-state index in [1.54, 1.807) is 16.4 Å². The first-order valence-corrected chi connectivity index (χ1v) is 13.0. The average Bonchev–Trinajstić information content (AvgIpc) is 2.82. The van der Waals surface area contributed by atoms with Crippen LogP contribution in [-0.2, 0) is 16.6 Å². The lowest BCUT2D eigenvalue weighted by molar-refractivity contribution is 0.178. The molecule has 0 spiro atoms. The Balaban J connectivity index is 1.52. The highest BCUT2D eigenvalue weighted by Crippen LogP contribution is 2.31. The van der Waals surface area contributed by atoms with E-state index in [0.717, 1.165) is 22.3 Å². The fourth-order valence-corrected chi connectivity index (χ4v) is 6.62. The second-order valence-corrected chi connectivity index (χ2v) is 10.9. The lowest BCUT2D eigenvalue weighted by Gasteiger charge is -2.34. The third-order valence-electron chi connectivity index (χ3n) is 6.86. The maximum absolute atomic E-state index is 13.5. The molecule has 0 radical (unpaired) electrons. The van der Waals surface area contributed by atoms with Gasteiger partial charge in [0, 0.05) is 32.2 Å². The minimum absolute atomic E-state index is 0.257. The standard InChI is InChI=1S/C25H32N4O5S/c1-15-11-16(2)18(4)24(17(15)3)35(31,32)29-9-7-28(8-10-29)14-23-26-20-13-22(34-6)21(33-5)12-19(20)25(30)27-23/h11-13H,7-10,14H2,1-6H3,(H,26,27,30). The number of piperazine rings is 1. The van der Waals surface area contributed by atoms with E-state index in [0.29, 0.717) is 65.8 Å². The minimum Gasteiger partial charge on any atom is -0.493 e. The van der Waals surface area contributed by atoms with E-state index in [1.807, 2.05) is 33.8 Å². The number of sulfonamides is 1. The summed E-state index contributed by atoms with van der Waals surface area (Å²) in [6, 6.07) is 5.33. The summed E-state index contributed by atoms with van der Waals surface area (Å²) in [4.78, 5) is 22.6. The highest BCUT2D eigenvalue weighted by Gasteiger charge is 2.32. The quantitative estimate of drug-likeness (QED) is 0.555. The summed E-state index contributed by atoms with van der Waals surface area (Å²) in [6.45, 7) is 9.87. The van der Waals surface area contributed by atoms with Gasteiger partial charge in [0.15, 0.2) is 11.5 Å². The molecule has 35 heavy (non-hydrogen) atoms. The van der Waals surface area contributed by atoms with Gasteiger partial charge >= 0.3 is 0 Å². The van der Waals surface area contributed by atoms with Crippen LogP contribution >= 0.6 is 0 Å². The molecule has 0 unspecified atom stereocenters. The zero-order chi connectivity index (χ0) is 25.5. The molecule has 4 rings (SSSR count). The highest BCUT2D eigenvalue weighted by atomic mass is 32.2. The third-order valence-corrected chi connectivity index (χ3v) is 9.03. The number of hydrogen-bond acceptors (Lipinski definition) is 7. The number of rotatable bonds is 6. The van der Waals surface area contributed by atoms with Crippen molar-refractivity contribution in [1.29, 1.82) is 0 Å². The van der Waals surface area contributed by atoms with Crippen molar-refractivity contribution in [3.05, 3.63) is 56.6 Å². The molecule has 3 aromatic rings. The van der Waals surface area contributed by atoms with Crippen LogP contribution in [0.25, 0.3) is 10.9 Å². The monoisotopic (exact) mass is 500 g/mol. The van der Waals surface area contributed by atoms with Crippen molar-refractivity contribution < 1.29 is 17.9 Å². The molecule has 9 nitrogen and oxygen atoms in total. The SMILES string of the molecule is COc1cc2nc(CN3CCN(S(=O)(=O)c4c(C)c(C)cc(C)c4C)CC3)[nH]c(=O)c2cc1OC. The van der Waals surface area contributed by atoms with Gasteiger partial charge in [-0.15, -0.1) is 0 Å². The van der Waals surface area contributed by atoms with Crippen molar-refractivity contribution in [3.63, 3.8) is 0 Å². The Morgan fingerprint density at radius 3 is 2.06 bits per heavy atom. The highest BCUT2D eigenvalue weighted by molar-refractivity contribution is 7.89. The summed E-state index contributed by atoms with van der Waals surface area (Å²) >= 11 is 0. The van der Waals surface area contributed by atoms with Crippen LogP contribution in [0.1, 0.15) is 28.1 Å². The number of H-pyrrole nitrogens is 1. The number of aromatic nitrogens is 2. The van der Waals surface area contributed by atoms with Crippen LogP contribution in [-0.4, -0.2) is 68.0 Å². The zero-order valence-electron chi connectivity index (χ0n) is 21.1. The topological polar surface area (TPSA) is 105 Å². The molecule has 0 aliphatic carbocycles. The van der Waals surface area contributed by atoms with Crippen LogP contribution in [0.2, 0.25) is 0 Å². The Morgan fingerprint density at radius 2 is 1.49 bits per heavy atom. The molecule has 0 amide bonds. The molecule has 1 aliphatic heterocycles. The Kier molecular flexibility index (Phi) is 6.90. The van der Waals surface area contributed by atoms with Gasteiger partial charge in [-0.05, 0) is 56.0 Å². The number of benzene rings is 2. The van der Waals surface area contributed by atoms with E-state index in [-0.39, 0.29) is 5.56 Å². The van der Waals surface area contributed by atoms with E-state index >= 15 is 0 Å². The van der Waals surface area contributed by atoms with Crippen molar-refractivity contribution >= 4 is 20.9 Å². The van der Waals surface area contributed by atoms with Crippen LogP contribution in [0.15, 0.2) is 27.9 Å². The van der Waals surface area contributed by atoms with Gasteiger partial charge in [0.1, 0.15) is 5.82 Å². The molecule has 1 aliphatic rings. The van der Waals surface area contributed by atoms with Crippen molar-refractivity contribution in [1.82, 2.24) is 19.2 Å². The summed E-state index contributed by atoms with van der Waals surface area (Å²) < 4.78 is 39.2. The van der Waals surface area contributed by atoms with E-state index < -0.39 is 10.0 Å².